The minimum absolute atomic E-state index is 0.00226. The SMILES string of the molecule is CC(C)Oc1ccc(-c2cc(Cn3cc4nc(-c5cccc(F)c5F)nc-4cn3)on2)cc1. The third-order valence-electron chi connectivity index (χ3n) is 4.91. The molecule has 9 heteroatoms. The lowest BCUT2D eigenvalue weighted by atomic mass is 10.1. The van der Waals surface area contributed by atoms with Gasteiger partial charge in [0.05, 0.1) is 24.1 Å². The lowest BCUT2D eigenvalue weighted by Crippen LogP contribution is -2.05. The summed E-state index contributed by atoms with van der Waals surface area (Å²) in [5, 5.41) is 8.45. The summed E-state index contributed by atoms with van der Waals surface area (Å²) in [6.07, 6.45) is 3.30. The molecular weight excluding hydrogens is 428 g/mol. The second kappa shape index (κ2) is 8.42. The van der Waals surface area contributed by atoms with Crippen molar-refractivity contribution in [3.8, 4) is 39.8 Å². The second-order valence-corrected chi connectivity index (χ2v) is 7.76. The summed E-state index contributed by atoms with van der Waals surface area (Å²) >= 11 is 0. The van der Waals surface area contributed by atoms with E-state index in [1.54, 1.807) is 10.9 Å². The standard InChI is InChI=1S/C24H19F2N5O2/c1-14(2)32-16-8-6-15(7-9-16)20-10-17(33-30-20)12-31-13-22-21(11-27-31)28-24(29-22)18-4-3-5-19(25)23(18)26/h3-11,13-14H,12H2,1-2H3. The highest BCUT2D eigenvalue weighted by molar-refractivity contribution is 5.65. The van der Waals surface area contributed by atoms with Gasteiger partial charge in [-0.1, -0.05) is 11.2 Å². The number of nitrogens with zero attached hydrogens (tertiary/aromatic N) is 5. The average molecular weight is 447 g/mol. The van der Waals surface area contributed by atoms with E-state index in [1.165, 1.54) is 18.3 Å². The summed E-state index contributed by atoms with van der Waals surface area (Å²) in [4.78, 5) is 8.59. The molecule has 3 aromatic rings. The predicted octanol–water partition coefficient (Wildman–Crippen LogP) is 5.21. The van der Waals surface area contributed by atoms with Crippen LogP contribution in [-0.2, 0) is 6.54 Å². The van der Waals surface area contributed by atoms with Crippen LogP contribution in [0.4, 0.5) is 8.78 Å². The third-order valence-corrected chi connectivity index (χ3v) is 4.91. The van der Waals surface area contributed by atoms with Gasteiger partial charge in [0.15, 0.2) is 23.2 Å². The molecule has 3 heterocycles. The fraction of sp³-hybridized carbons (Fsp3) is 0.167. The van der Waals surface area contributed by atoms with E-state index < -0.39 is 11.6 Å². The number of rotatable bonds is 6. The highest BCUT2D eigenvalue weighted by atomic mass is 19.2. The lowest BCUT2D eigenvalue weighted by Gasteiger charge is -2.09. The van der Waals surface area contributed by atoms with Gasteiger partial charge in [-0.05, 0) is 50.2 Å². The van der Waals surface area contributed by atoms with Crippen LogP contribution >= 0.6 is 0 Å². The molecule has 166 valence electrons. The summed E-state index contributed by atoms with van der Waals surface area (Å²) in [6.45, 7) is 4.26. The molecule has 2 aliphatic heterocycles. The van der Waals surface area contributed by atoms with Crippen molar-refractivity contribution in [1.82, 2.24) is 24.9 Å². The Kier molecular flexibility index (Phi) is 5.29. The first-order chi connectivity index (χ1) is 16.0. The lowest BCUT2D eigenvalue weighted by molar-refractivity contribution is 0.242. The number of benzene rings is 2. The molecule has 0 atom stereocenters. The van der Waals surface area contributed by atoms with Crippen LogP contribution in [0.3, 0.4) is 0 Å². The van der Waals surface area contributed by atoms with Crippen LogP contribution < -0.4 is 4.74 Å². The zero-order chi connectivity index (χ0) is 22.9. The molecule has 33 heavy (non-hydrogen) atoms. The number of ether oxygens (including phenoxy) is 1. The van der Waals surface area contributed by atoms with Gasteiger partial charge in [-0.15, -0.1) is 0 Å². The van der Waals surface area contributed by atoms with Crippen LogP contribution in [-0.4, -0.2) is 31.0 Å². The molecule has 0 amide bonds. The van der Waals surface area contributed by atoms with E-state index in [0.29, 0.717) is 29.4 Å². The van der Waals surface area contributed by atoms with Crippen LogP contribution in [0.25, 0.3) is 34.0 Å². The van der Waals surface area contributed by atoms with Crippen LogP contribution in [0.2, 0.25) is 0 Å². The molecule has 0 N–H and O–H groups in total. The van der Waals surface area contributed by atoms with Crippen molar-refractivity contribution in [2.24, 2.45) is 0 Å². The van der Waals surface area contributed by atoms with E-state index in [1.807, 2.05) is 44.2 Å². The minimum Gasteiger partial charge on any atom is -0.491 e. The summed E-state index contributed by atoms with van der Waals surface area (Å²) in [6, 6.07) is 13.4. The van der Waals surface area contributed by atoms with Gasteiger partial charge in [-0.25, -0.2) is 18.7 Å². The van der Waals surface area contributed by atoms with Crippen LogP contribution in [0.5, 0.6) is 5.75 Å². The Morgan fingerprint density at radius 1 is 1.00 bits per heavy atom. The Morgan fingerprint density at radius 2 is 1.79 bits per heavy atom. The van der Waals surface area contributed by atoms with Gasteiger partial charge >= 0.3 is 0 Å². The van der Waals surface area contributed by atoms with E-state index >= 15 is 0 Å². The molecule has 0 spiro atoms. The quantitative estimate of drug-likeness (QED) is 0.355. The molecule has 0 saturated heterocycles. The Balaban J connectivity index is 1.35. The zero-order valence-electron chi connectivity index (χ0n) is 17.9. The molecule has 2 aromatic carbocycles. The highest BCUT2D eigenvalue weighted by Crippen LogP contribution is 2.27. The molecular formula is C24H19F2N5O2. The van der Waals surface area contributed by atoms with Crippen molar-refractivity contribution in [2.45, 2.75) is 26.5 Å². The van der Waals surface area contributed by atoms with Gasteiger partial charge in [-0.3, -0.25) is 4.68 Å². The zero-order valence-corrected chi connectivity index (χ0v) is 17.9. The average Bonchev–Trinajstić information content (AvgIpc) is 3.42. The number of aromatic nitrogens is 5. The van der Waals surface area contributed by atoms with Crippen LogP contribution in [0, 0.1) is 11.6 Å². The molecule has 0 bridgehead atoms. The van der Waals surface area contributed by atoms with E-state index in [4.69, 9.17) is 9.26 Å². The van der Waals surface area contributed by atoms with Gasteiger partial charge < -0.3 is 9.26 Å². The number of hydrogen-bond acceptors (Lipinski definition) is 6. The molecule has 5 rings (SSSR count). The first-order valence-electron chi connectivity index (χ1n) is 10.3. The normalized spacial score (nSPS) is 11.4. The van der Waals surface area contributed by atoms with Gasteiger partial charge in [0.2, 0.25) is 0 Å². The number of imidazole rings is 1. The largest absolute Gasteiger partial charge is 0.491 e. The first-order valence-corrected chi connectivity index (χ1v) is 10.3. The first kappa shape index (κ1) is 20.7. The maximum Gasteiger partial charge on any atom is 0.169 e. The molecule has 0 aliphatic carbocycles. The van der Waals surface area contributed by atoms with Crippen molar-refractivity contribution in [3.05, 3.63) is 78.3 Å². The van der Waals surface area contributed by atoms with Gasteiger partial charge in [0, 0.05) is 11.6 Å². The van der Waals surface area contributed by atoms with E-state index in [9.17, 15) is 8.78 Å². The van der Waals surface area contributed by atoms with Crippen molar-refractivity contribution < 1.29 is 18.0 Å². The van der Waals surface area contributed by atoms with Crippen molar-refractivity contribution >= 4 is 0 Å². The van der Waals surface area contributed by atoms with E-state index in [-0.39, 0.29) is 17.5 Å². The summed E-state index contributed by atoms with van der Waals surface area (Å²) in [5.74, 6) is -0.433. The van der Waals surface area contributed by atoms with Crippen molar-refractivity contribution in [3.63, 3.8) is 0 Å². The Hall–Kier alpha value is -4.14. The smallest absolute Gasteiger partial charge is 0.169 e. The molecule has 7 nitrogen and oxygen atoms in total. The summed E-state index contributed by atoms with van der Waals surface area (Å²) in [5.41, 5.74) is 2.58. The summed E-state index contributed by atoms with van der Waals surface area (Å²) < 4.78 is 40.4. The Morgan fingerprint density at radius 3 is 2.58 bits per heavy atom. The number of fused-ring (bicyclic) bond motifs is 1. The topological polar surface area (TPSA) is 78.9 Å². The Bertz CT molecular complexity index is 1380. The molecule has 0 saturated carbocycles. The Labute approximate surface area is 188 Å². The summed E-state index contributed by atoms with van der Waals surface area (Å²) in [7, 11) is 0. The minimum atomic E-state index is -0.980. The number of halogens is 2. The van der Waals surface area contributed by atoms with Crippen molar-refractivity contribution in [1.29, 1.82) is 0 Å². The molecule has 1 aromatic heterocycles. The number of hydrogen-bond donors (Lipinski definition) is 0. The second-order valence-electron chi connectivity index (χ2n) is 7.76. The molecule has 0 unspecified atom stereocenters. The third kappa shape index (κ3) is 4.30. The maximum atomic E-state index is 14.1. The van der Waals surface area contributed by atoms with Gasteiger partial charge in [0.1, 0.15) is 29.4 Å². The fourth-order valence-electron chi connectivity index (χ4n) is 3.40. The molecule has 2 aliphatic rings. The predicted molar refractivity (Wildman–Crippen MR) is 117 cm³/mol. The molecule has 0 fully saturated rings. The highest BCUT2D eigenvalue weighted by Gasteiger charge is 2.18. The van der Waals surface area contributed by atoms with Crippen LogP contribution in [0.1, 0.15) is 19.6 Å². The van der Waals surface area contributed by atoms with Gasteiger partial charge in [0.25, 0.3) is 0 Å². The van der Waals surface area contributed by atoms with Crippen molar-refractivity contribution in [2.75, 3.05) is 0 Å². The van der Waals surface area contributed by atoms with E-state index in [2.05, 4.69) is 20.2 Å². The fourth-order valence-corrected chi connectivity index (χ4v) is 3.40. The van der Waals surface area contributed by atoms with E-state index in [0.717, 1.165) is 17.4 Å². The monoisotopic (exact) mass is 447 g/mol. The molecule has 0 radical (unpaired) electrons. The van der Waals surface area contributed by atoms with Crippen LogP contribution in [0.15, 0.2) is 65.4 Å². The van der Waals surface area contributed by atoms with Gasteiger partial charge in [-0.2, -0.15) is 5.10 Å². The maximum absolute atomic E-state index is 14.1.